The predicted octanol–water partition coefficient (Wildman–Crippen LogP) is 2.14. The molecule has 0 aliphatic carbocycles. The highest BCUT2D eigenvalue weighted by molar-refractivity contribution is 7.15. The molecule has 0 atom stereocenters. The van der Waals surface area contributed by atoms with Gasteiger partial charge in [-0.15, -0.1) is 11.3 Å². The first-order valence-corrected chi connectivity index (χ1v) is 7.40. The van der Waals surface area contributed by atoms with Crippen LogP contribution in [0.1, 0.15) is 24.6 Å². The molecule has 4 nitrogen and oxygen atoms in total. The molecule has 1 aromatic heterocycles. The van der Waals surface area contributed by atoms with Crippen LogP contribution >= 0.6 is 22.9 Å². The normalized spacial score (nSPS) is 17.9. The van der Waals surface area contributed by atoms with Gasteiger partial charge in [-0.25, -0.2) is 4.98 Å². The Labute approximate surface area is 116 Å². The van der Waals surface area contributed by atoms with Crippen molar-refractivity contribution in [2.24, 2.45) is 5.92 Å². The number of aromatic nitrogens is 1. The zero-order valence-corrected chi connectivity index (χ0v) is 12.1. The summed E-state index contributed by atoms with van der Waals surface area (Å²) in [5.74, 6) is 0.687. The Kier molecular flexibility index (Phi) is 4.97. The molecule has 1 amide bonds. The molecular weight excluding hydrogens is 270 g/mol. The van der Waals surface area contributed by atoms with Crippen molar-refractivity contribution in [2.45, 2.75) is 26.3 Å². The van der Waals surface area contributed by atoms with E-state index in [1.807, 2.05) is 6.20 Å². The van der Waals surface area contributed by atoms with E-state index >= 15 is 0 Å². The third kappa shape index (κ3) is 4.23. The van der Waals surface area contributed by atoms with Gasteiger partial charge in [-0.1, -0.05) is 11.6 Å². The Hall–Kier alpha value is -0.650. The van der Waals surface area contributed by atoms with E-state index in [1.54, 1.807) is 18.3 Å². The van der Waals surface area contributed by atoms with Crippen molar-refractivity contribution in [3.63, 3.8) is 0 Å². The second-order valence-corrected chi connectivity index (χ2v) is 6.43. The molecule has 1 aromatic rings. The van der Waals surface area contributed by atoms with Gasteiger partial charge < -0.3 is 5.32 Å². The minimum atomic E-state index is 0.0664. The summed E-state index contributed by atoms with van der Waals surface area (Å²) in [5.41, 5.74) is 0. The third-order valence-electron chi connectivity index (χ3n) is 3.25. The number of nitrogens with one attached hydrogen (secondary N) is 1. The SMILES string of the molecule is CC(=O)NCC1CCN(Cc2cnc(Cl)s2)CC1. The largest absolute Gasteiger partial charge is 0.356 e. The number of halogens is 1. The van der Waals surface area contributed by atoms with Crippen LogP contribution in [0.15, 0.2) is 6.20 Å². The van der Waals surface area contributed by atoms with Crippen molar-refractivity contribution in [3.05, 3.63) is 15.5 Å². The first-order valence-electron chi connectivity index (χ1n) is 6.20. The maximum Gasteiger partial charge on any atom is 0.216 e. The Morgan fingerprint density at radius 3 is 2.89 bits per heavy atom. The molecule has 6 heteroatoms. The Bertz CT molecular complexity index is 402. The van der Waals surface area contributed by atoms with E-state index in [0.29, 0.717) is 10.4 Å². The first-order chi connectivity index (χ1) is 8.63. The fourth-order valence-electron chi connectivity index (χ4n) is 2.21. The van der Waals surface area contributed by atoms with Crippen LogP contribution in [-0.4, -0.2) is 35.4 Å². The van der Waals surface area contributed by atoms with Crippen LogP contribution in [-0.2, 0) is 11.3 Å². The molecule has 1 aliphatic rings. The number of thiazole rings is 1. The number of nitrogens with zero attached hydrogens (tertiary/aromatic N) is 2. The van der Waals surface area contributed by atoms with Crippen LogP contribution in [0.4, 0.5) is 0 Å². The van der Waals surface area contributed by atoms with Gasteiger partial charge in [-0.3, -0.25) is 9.69 Å². The number of piperidine rings is 1. The van der Waals surface area contributed by atoms with E-state index in [0.717, 1.165) is 39.0 Å². The van der Waals surface area contributed by atoms with Crippen LogP contribution in [0, 0.1) is 5.92 Å². The number of rotatable bonds is 4. The molecule has 0 bridgehead atoms. The molecule has 2 rings (SSSR count). The fourth-order valence-corrected chi connectivity index (χ4v) is 3.23. The summed E-state index contributed by atoms with van der Waals surface area (Å²) < 4.78 is 0.616. The fraction of sp³-hybridized carbons (Fsp3) is 0.667. The van der Waals surface area contributed by atoms with Gasteiger partial charge in [0.25, 0.3) is 0 Å². The number of amides is 1. The minimum Gasteiger partial charge on any atom is -0.356 e. The van der Waals surface area contributed by atoms with Crippen molar-refractivity contribution < 1.29 is 4.79 Å². The van der Waals surface area contributed by atoms with E-state index in [2.05, 4.69) is 15.2 Å². The molecule has 1 saturated heterocycles. The summed E-state index contributed by atoms with van der Waals surface area (Å²) in [4.78, 5) is 18.6. The molecule has 0 radical (unpaired) electrons. The predicted molar refractivity (Wildman–Crippen MR) is 73.8 cm³/mol. The average molecular weight is 288 g/mol. The molecule has 0 aromatic carbocycles. The molecular formula is C12H18ClN3OS. The van der Waals surface area contributed by atoms with E-state index in [9.17, 15) is 4.79 Å². The van der Waals surface area contributed by atoms with Gasteiger partial charge in [0.1, 0.15) is 0 Å². The van der Waals surface area contributed by atoms with Gasteiger partial charge in [0, 0.05) is 31.1 Å². The Morgan fingerprint density at radius 1 is 1.61 bits per heavy atom. The van der Waals surface area contributed by atoms with Crippen molar-refractivity contribution in [1.82, 2.24) is 15.2 Å². The molecule has 100 valence electrons. The minimum absolute atomic E-state index is 0.0664. The van der Waals surface area contributed by atoms with E-state index in [4.69, 9.17) is 11.6 Å². The van der Waals surface area contributed by atoms with Crippen LogP contribution in [0.5, 0.6) is 0 Å². The van der Waals surface area contributed by atoms with Gasteiger partial charge in [-0.2, -0.15) is 0 Å². The van der Waals surface area contributed by atoms with E-state index < -0.39 is 0 Å². The average Bonchev–Trinajstić information content (AvgIpc) is 2.74. The number of hydrogen-bond donors (Lipinski definition) is 1. The van der Waals surface area contributed by atoms with Crippen LogP contribution in [0.3, 0.4) is 0 Å². The van der Waals surface area contributed by atoms with E-state index in [1.165, 1.54) is 4.88 Å². The van der Waals surface area contributed by atoms with Crippen LogP contribution in [0.2, 0.25) is 4.47 Å². The lowest BCUT2D eigenvalue weighted by atomic mass is 9.97. The number of hydrogen-bond acceptors (Lipinski definition) is 4. The van der Waals surface area contributed by atoms with Crippen molar-refractivity contribution in [2.75, 3.05) is 19.6 Å². The molecule has 1 N–H and O–H groups in total. The molecule has 1 aliphatic heterocycles. The lowest BCUT2D eigenvalue weighted by Gasteiger charge is -2.31. The third-order valence-corrected chi connectivity index (χ3v) is 4.35. The van der Waals surface area contributed by atoms with Crippen LogP contribution < -0.4 is 5.32 Å². The second-order valence-electron chi connectivity index (χ2n) is 4.74. The maximum atomic E-state index is 10.9. The summed E-state index contributed by atoms with van der Waals surface area (Å²) in [6.07, 6.45) is 4.15. The highest BCUT2D eigenvalue weighted by Crippen LogP contribution is 2.22. The summed E-state index contributed by atoms with van der Waals surface area (Å²) in [5, 5.41) is 2.90. The second kappa shape index (κ2) is 6.50. The zero-order chi connectivity index (χ0) is 13.0. The number of carbonyl (C=O) groups excluding carboxylic acids is 1. The van der Waals surface area contributed by atoms with Crippen molar-refractivity contribution >= 4 is 28.8 Å². The van der Waals surface area contributed by atoms with Gasteiger partial charge in [0.2, 0.25) is 5.91 Å². The zero-order valence-electron chi connectivity index (χ0n) is 10.5. The quantitative estimate of drug-likeness (QED) is 0.923. The molecule has 0 spiro atoms. The van der Waals surface area contributed by atoms with Gasteiger partial charge in [0.15, 0.2) is 4.47 Å². The monoisotopic (exact) mass is 287 g/mol. The first kappa shape index (κ1) is 13.8. The summed E-state index contributed by atoms with van der Waals surface area (Å²) in [7, 11) is 0. The molecule has 2 heterocycles. The Morgan fingerprint density at radius 2 is 2.33 bits per heavy atom. The number of carbonyl (C=O) groups is 1. The molecule has 18 heavy (non-hydrogen) atoms. The Balaban J connectivity index is 1.71. The van der Waals surface area contributed by atoms with Gasteiger partial charge >= 0.3 is 0 Å². The molecule has 0 saturated carbocycles. The summed E-state index contributed by atoms with van der Waals surface area (Å²) in [6.45, 7) is 5.50. The van der Waals surface area contributed by atoms with Crippen molar-refractivity contribution in [1.29, 1.82) is 0 Å². The lowest BCUT2D eigenvalue weighted by Crippen LogP contribution is -2.37. The highest BCUT2D eigenvalue weighted by Gasteiger charge is 2.19. The number of likely N-dealkylation sites (tertiary alicyclic amines) is 1. The topological polar surface area (TPSA) is 45.2 Å². The lowest BCUT2D eigenvalue weighted by molar-refractivity contribution is -0.119. The summed E-state index contributed by atoms with van der Waals surface area (Å²) in [6, 6.07) is 0. The summed E-state index contributed by atoms with van der Waals surface area (Å²) >= 11 is 7.37. The van der Waals surface area contributed by atoms with Crippen LogP contribution in [0.25, 0.3) is 0 Å². The van der Waals surface area contributed by atoms with Gasteiger partial charge in [0.05, 0.1) is 0 Å². The highest BCUT2D eigenvalue weighted by atomic mass is 35.5. The van der Waals surface area contributed by atoms with Gasteiger partial charge in [-0.05, 0) is 31.8 Å². The van der Waals surface area contributed by atoms with E-state index in [-0.39, 0.29) is 5.91 Å². The standard InChI is InChI=1S/C12H18ClN3OS/c1-9(17)14-6-10-2-4-16(5-3-10)8-11-7-15-12(13)18-11/h7,10H,2-6,8H2,1H3,(H,14,17). The van der Waals surface area contributed by atoms with Crippen molar-refractivity contribution in [3.8, 4) is 0 Å². The maximum absolute atomic E-state index is 10.9. The molecule has 0 unspecified atom stereocenters. The smallest absolute Gasteiger partial charge is 0.216 e. The molecule has 1 fully saturated rings.